The van der Waals surface area contributed by atoms with Crippen LogP contribution in [0.1, 0.15) is 5.56 Å². The maximum atomic E-state index is 6.11. The molecule has 0 atom stereocenters. The molecular formula is C23H19NO2. The van der Waals surface area contributed by atoms with Gasteiger partial charge in [-0.25, -0.2) is 0 Å². The number of hydrogen-bond acceptors (Lipinski definition) is 3. The fourth-order valence-corrected chi connectivity index (χ4v) is 2.91. The lowest BCUT2D eigenvalue weighted by molar-refractivity contribution is 0.415. The third kappa shape index (κ3) is 3.38. The number of nitrogens with zero attached hydrogens (tertiary/aromatic N) is 1. The van der Waals surface area contributed by atoms with Gasteiger partial charge in [0.25, 0.3) is 0 Å². The molecule has 3 aromatic carbocycles. The molecule has 0 N–H and O–H groups in total. The predicted octanol–water partition coefficient (Wildman–Crippen LogP) is 5.21. The molecule has 0 saturated heterocycles. The first kappa shape index (κ1) is 16.2. The number of fused-ring (bicyclic) bond motifs is 1. The molecule has 0 aliphatic heterocycles. The summed E-state index contributed by atoms with van der Waals surface area (Å²) in [5, 5.41) is 1.95. The fraction of sp³-hybridized carbons (Fsp3) is 0.0870. The molecule has 3 nitrogen and oxygen atoms in total. The summed E-state index contributed by atoms with van der Waals surface area (Å²) in [5.41, 5.74) is 3.00. The van der Waals surface area contributed by atoms with E-state index in [0.29, 0.717) is 6.54 Å². The van der Waals surface area contributed by atoms with Crippen LogP contribution >= 0.6 is 0 Å². The quantitative estimate of drug-likeness (QED) is 0.511. The maximum absolute atomic E-state index is 6.11. The van der Waals surface area contributed by atoms with E-state index in [1.807, 2.05) is 72.8 Å². The molecule has 128 valence electrons. The highest BCUT2D eigenvalue weighted by Crippen LogP contribution is 2.24. The van der Waals surface area contributed by atoms with Crippen LogP contribution in [0.5, 0.6) is 5.75 Å². The van der Waals surface area contributed by atoms with Crippen LogP contribution in [0.25, 0.3) is 22.3 Å². The Bertz CT molecular complexity index is 1080. The molecule has 0 aliphatic carbocycles. The van der Waals surface area contributed by atoms with Gasteiger partial charge in [0.1, 0.15) is 17.1 Å². The highest BCUT2D eigenvalue weighted by molar-refractivity contribution is 5.78. The van der Waals surface area contributed by atoms with E-state index in [4.69, 9.17) is 14.1 Å². The van der Waals surface area contributed by atoms with Gasteiger partial charge in [0.2, 0.25) is 0 Å². The fourth-order valence-electron chi connectivity index (χ4n) is 2.91. The van der Waals surface area contributed by atoms with E-state index < -0.39 is 0 Å². The summed E-state index contributed by atoms with van der Waals surface area (Å²) in [6.07, 6.45) is 0. The van der Waals surface area contributed by atoms with Crippen LogP contribution in [-0.4, -0.2) is 7.11 Å². The minimum absolute atomic E-state index is 0.636. The van der Waals surface area contributed by atoms with Crippen molar-refractivity contribution in [3.05, 3.63) is 95.8 Å². The van der Waals surface area contributed by atoms with Gasteiger partial charge >= 0.3 is 0 Å². The minimum atomic E-state index is 0.636. The average Bonchev–Trinajstić information content (AvgIpc) is 2.72. The standard InChI is InChI=1S/C23H19NO2/c1-25-19-13-11-18(12-14-19)23-15-21(20-9-5-6-10-22(20)26-23)24-16-17-7-3-2-4-8-17/h2-15H,16H2,1H3. The van der Waals surface area contributed by atoms with Crippen molar-refractivity contribution in [1.82, 2.24) is 0 Å². The van der Waals surface area contributed by atoms with E-state index >= 15 is 0 Å². The second-order valence-electron chi connectivity index (χ2n) is 6.02. The molecule has 0 radical (unpaired) electrons. The zero-order valence-corrected chi connectivity index (χ0v) is 14.6. The van der Waals surface area contributed by atoms with E-state index in [9.17, 15) is 0 Å². The Morgan fingerprint density at radius 2 is 1.58 bits per heavy atom. The molecule has 0 amide bonds. The molecule has 4 aromatic rings. The van der Waals surface area contributed by atoms with Gasteiger partial charge in [0.15, 0.2) is 0 Å². The van der Waals surface area contributed by atoms with E-state index in [-0.39, 0.29) is 0 Å². The topological polar surface area (TPSA) is 34.7 Å². The number of para-hydroxylation sites is 1. The van der Waals surface area contributed by atoms with Gasteiger partial charge in [0.05, 0.1) is 19.0 Å². The second kappa shape index (κ2) is 7.28. The van der Waals surface area contributed by atoms with Crippen LogP contribution in [0.3, 0.4) is 0 Å². The first-order valence-corrected chi connectivity index (χ1v) is 8.55. The molecule has 1 heterocycles. The summed E-state index contributed by atoms with van der Waals surface area (Å²) in [6, 6.07) is 28.1. The smallest absolute Gasteiger partial charge is 0.136 e. The van der Waals surface area contributed by atoms with Gasteiger partial charge in [-0.3, -0.25) is 4.99 Å². The lowest BCUT2D eigenvalue weighted by Gasteiger charge is -2.06. The Morgan fingerprint density at radius 3 is 2.35 bits per heavy atom. The summed E-state index contributed by atoms with van der Waals surface area (Å²) < 4.78 is 11.4. The van der Waals surface area contributed by atoms with Crippen molar-refractivity contribution in [2.75, 3.05) is 7.11 Å². The molecule has 3 heteroatoms. The Hall–Kier alpha value is -3.33. The number of benzene rings is 3. The van der Waals surface area contributed by atoms with Crippen LogP contribution < -0.4 is 10.1 Å². The van der Waals surface area contributed by atoms with E-state index in [0.717, 1.165) is 33.4 Å². The average molecular weight is 341 g/mol. The van der Waals surface area contributed by atoms with Crippen molar-refractivity contribution in [3.63, 3.8) is 0 Å². The lowest BCUT2D eigenvalue weighted by atomic mass is 10.1. The van der Waals surface area contributed by atoms with E-state index in [1.54, 1.807) is 7.11 Å². The van der Waals surface area contributed by atoms with Gasteiger partial charge < -0.3 is 9.15 Å². The number of hydrogen-bond donors (Lipinski definition) is 0. The highest BCUT2D eigenvalue weighted by atomic mass is 16.5. The molecule has 0 bridgehead atoms. The van der Waals surface area contributed by atoms with Crippen LogP contribution in [0, 0.1) is 0 Å². The van der Waals surface area contributed by atoms with Crippen molar-refractivity contribution in [2.24, 2.45) is 4.99 Å². The summed E-state index contributed by atoms with van der Waals surface area (Å²) in [5.74, 6) is 1.61. The van der Waals surface area contributed by atoms with Gasteiger partial charge in [-0.15, -0.1) is 0 Å². The summed E-state index contributed by atoms with van der Waals surface area (Å²) in [6.45, 7) is 0.636. The third-order valence-electron chi connectivity index (χ3n) is 4.30. The Balaban J connectivity index is 1.82. The van der Waals surface area contributed by atoms with Crippen LogP contribution in [0.2, 0.25) is 0 Å². The van der Waals surface area contributed by atoms with Gasteiger partial charge in [-0.1, -0.05) is 42.5 Å². The first-order chi connectivity index (χ1) is 12.8. The van der Waals surface area contributed by atoms with Crippen molar-refractivity contribution in [2.45, 2.75) is 6.54 Å². The van der Waals surface area contributed by atoms with Crippen LogP contribution in [0.15, 0.2) is 94.3 Å². The monoisotopic (exact) mass is 341 g/mol. The Kier molecular flexibility index (Phi) is 4.52. The summed E-state index contributed by atoms with van der Waals surface area (Å²) >= 11 is 0. The molecule has 0 fully saturated rings. The van der Waals surface area contributed by atoms with E-state index in [2.05, 4.69) is 12.1 Å². The SMILES string of the molecule is COc1ccc(-c2cc(=NCc3ccccc3)c3ccccc3o2)cc1. The minimum Gasteiger partial charge on any atom is -0.497 e. The summed E-state index contributed by atoms with van der Waals surface area (Å²) in [7, 11) is 1.66. The molecular weight excluding hydrogens is 322 g/mol. The summed E-state index contributed by atoms with van der Waals surface area (Å²) in [4.78, 5) is 4.84. The predicted molar refractivity (Wildman–Crippen MR) is 104 cm³/mol. The lowest BCUT2D eigenvalue weighted by Crippen LogP contribution is -2.04. The molecule has 1 aromatic heterocycles. The van der Waals surface area contributed by atoms with Crippen molar-refractivity contribution in [3.8, 4) is 17.1 Å². The second-order valence-corrected chi connectivity index (χ2v) is 6.02. The molecule has 0 aliphatic rings. The van der Waals surface area contributed by atoms with Gasteiger partial charge in [-0.2, -0.15) is 0 Å². The van der Waals surface area contributed by atoms with Crippen molar-refractivity contribution >= 4 is 11.0 Å². The van der Waals surface area contributed by atoms with E-state index in [1.165, 1.54) is 5.56 Å². The molecule has 0 unspecified atom stereocenters. The van der Waals surface area contributed by atoms with Crippen molar-refractivity contribution in [1.29, 1.82) is 0 Å². The number of methoxy groups -OCH3 is 1. The third-order valence-corrected chi connectivity index (χ3v) is 4.30. The molecule has 0 saturated carbocycles. The first-order valence-electron chi connectivity index (χ1n) is 8.55. The largest absolute Gasteiger partial charge is 0.497 e. The van der Waals surface area contributed by atoms with Crippen molar-refractivity contribution < 1.29 is 9.15 Å². The Labute approximate surface area is 152 Å². The number of rotatable bonds is 4. The molecule has 4 rings (SSSR count). The molecule has 0 spiro atoms. The number of ether oxygens (including phenoxy) is 1. The van der Waals surface area contributed by atoms with Crippen LogP contribution in [-0.2, 0) is 6.54 Å². The molecule has 26 heavy (non-hydrogen) atoms. The Morgan fingerprint density at radius 1 is 0.846 bits per heavy atom. The highest BCUT2D eigenvalue weighted by Gasteiger charge is 2.06. The van der Waals surface area contributed by atoms with Crippen LogP contribution in [0.4, 0.5) is 0 Å². The normalized spacial score (nSPS) is 11.7. The maximum Gasteiger partial charge on any atom is 0.136 e. The van der Waals surface area contributed by atoms with Gasteiger partial charge in [-0.05, 0) is 42.0 Å². The zero-order chi connectivity index (χ0) is 17.8. The van der Waals surface area contributed by atoms with Gasteiger partial charge in [0, 0.05) is 17.0 Å². The zero-order valence-electron chi connectivity index (χ0n) is 14.6.